The molecule has 0 bridgehead atoms. The van der Waals surface area contributed by atoms with E-state index in [-0.39, 0.29) is 6.10 Å². The molecular weight excluding hydrogens is 246 g/mol. The first-order chi connectivity index (χ1) is 9.84. The summed E-state index contributed by atoms with van der Waals surface area (Å²) in [5, 5.41) is 12.8. The number of rotatable bonds is 4. The summed E-state index contributed by atoms with van der Waals surface area (Å²) >= 11 is 0. The van der Waals surface area contributed by atoms with Crippen LogP contribution >= 0.6 is 0 Å². The molecule has 1 aliphatic rings. The van der Waals surface area contributed by atoms with E-state index in [4.69, 9.17) is 0 Å². The quantitative estimate of drug-likeness (QED) is 0.878. The number of hydrogen-bond donors (Lipinski definition) is 1. The number of aliphatic hydroxyl groups excluding tert-OH is 1. The second-order valence-corrected chi connectivity index (χ2v) is 6.04. The molecule has 1 atom stereocenters. The van der Waals surface area contributed by atoms with Crippen molar-refractivity contribution in [3.05, 3.63) is 42.2 Å². The van der Waals surface area contributed by atoms with Crippen molar-refractivity contribution in [3.63, 3.8) is 0 Å². The van der Waals surface area contributed by atoms with Gasteiger partial charge >= 0.3 is 0 Å². The Balaban J connectivity index is 1.70. The van der Waals surface area contributed by atoms with Crippen LogP contribution in [0.15, 0.2) is 36.7 Å². The first kappa shape index (κ1) is 13.6. The Hall–Kier alpha value is -1.41. The molecule has 20 heavy (non-hydrogen) atoms. The molecule has 1 aliphatic carbocycles. The average Bonchev–Trinajstić information content (AvgIpc) is 2.53. The summed E-state index contributed by atoms with van der Waals surface area (Å²) in [5.74, 6) is 0.825. The van der Waals surface area contributed by atoms with Gasteiger partial charge in [0.05, 0.1) is 6.10 Å². The lowest BCUT2D eigenvalue weighted by atomic mass is 9.84. The zero-order chi connectivity index (χ0) is 13.8. The Morgan fingerprint density at radius 3 is 2.85 bits per heavy atom. The SMILES string of the molecule is OC(CCC1CCCCC1)c1cccc2ccncc12. The van der Waals surface area contributed by atoms with Crippen molar-refractivity contribution in [2.45, 2.75) is 51.0 Å². The van der Waals surface area contributed by atoms with Crippen LogP contribution in [-0.4, -0.2) is 10.1 Å². The minimum absolute atomic E-state index is 0.357. The number of hydrogen-bond acceptors (Lipinski definition) is 2. The van der Waals surface area contributed by atoms with Gasteiger partial charge in [-0.2, -0.15) is 0 Å². The van der Waals surface area contributed by atoms with Gasteiger partial charge in [0.15, 0.2) is 0 Å². The fraction of sp³-hybridized carbons (Fsp3) is 0.500. The molecule has 1 fully saturated rings. The molecule has 2 nitrogen and oxygen atoms in total. The van der Waals surface area contributed by atoms with Crippen molar-refractivity contribution >= 4 is 10.8 Å². The van der Waals surface area contributed by atoms with Crippen LogP contribution in [-0.2, 0) is 0 Å². The molecule has 0 spiro atoms. The summed E-state index contributed by atoms with van der Waals surface area (Å²) < 4.78 is 0. The van der Waals surface area contributed by atoms with Crippen molar-refractivity contribution in [1.29, 1.82) is 0 Å². The molecule has 3 rings (SSSR count). The summed E-state index contributed by atoms with van der Waals surface area (Å²) in [5.41, 5.74) is 1.03. The normalized spacial score (nSPS) is 18.2. The first-order valence-corrected chi connectivity index (χ1v) is 7.85. The molecule has 0 aliphatic heterocycles. The number of fused-ring (bicyclic) bond motifs is 1. The number of nitrogens with zero attached hydrogens (tertiary/aromatic N) is 1. The van der Waals surface area contributed by atoms with Crippen LogP contribution in [0.4, 0.5) is 0 Å². The molecule has 1 heterocycles. The standard InChI is InChI=1S/C18H23NO/c20-18(10-9-14-5-2-1-3-6-14)16-8-4-7-15-11-12-19-13-17(15)16/h4,7-8,11-14,18,20H,1-3,5-6,9-10H2. The Kier molecular flexibility index (Phi) is 4.31. The molecule has 0 saturated heterocycles. The summed E-state index contributed by atoms with van der Waals surface area (Å²) in [7, 11) is 0. The Morgan fingerprint density at radius 2 is 2.00 bits per heavy atom. The van der Waals surface area contributed by atoms with Gasteiger partial charge in [-0.3, -0.25) is 4.98 Å². The van der Waals surface area contributed by atoms with Crippen molar-refractivity contribution in [3.8, 4) is 0 Å². The van der Waals surface area contributed by atoms with E-state index in [1.54, 1.807) is 6.20 Å². The van der Waals surface area contributed by atoms with E-state index in [1.807, 2.05) is 24.4 Å². The van der Waals surface area contributed by atoms with Crippen molar-refractivity contribution in [1.82, 2.24) is 4.98 Å². The first-order valence-electron chi connectivity index (χ1n) is 7.85. The molecule has 1 saturated carbocycles. The zero-order valence-corrected chi connectivity index (χ0v) is 12.0. The molecule has 2 aromatic rings. The molecule has 1 aromatic heterocycles. The second kappa shape index (κ2) is 6.36. The maximum atomic E-state index is 10.5. The molecule has 106 valence electrons. The van der Waals surface area contributed by atoms with E-state index in [9.17, 15) is 5.11 Å². The third-order valence-corrected chi connectivity index (χ3v) is 4.65. The lowest BCUT2D eigenvalue weighted by molar-refractivity contribution is 0.152. The van der Waals surface area contributed by atoms with Crippen LogP contribution in [0.5, 0.6) is 0 Å². The van der Waals surface area contributed by atoms with Crippen molar-refractivity contribution in [2.24, 2.45) is 5.92 Å². The predicted molar refractivity (Wildman–Crippen MR) is 82.5 cm³/mol. The van der Waals surface area contributed by atoms with Gasteiger partial charge in [0, 0.05) is 17.8 Å². The van der Waals surface area contributed by atoms with Gasteiger partial charge in [0.1, 0.15) is 0 Å². The maximum absolute atomic E-state index is 10.5. The zero-order valence-electron chi connectivity index (χ0n) is 12.0. The van der Waals surface area contributed by atoms with Gasteiger partial charge in [0.2, 0.25) is 0 Å². The fourth-order valence-electron chi connectivity index (χ4n) is 3.45. The highest BCUT2D eigenvalue weighted by molar-refractivity contribution is 5.85. The average molecular weight is 269 g/mol. The highest BCUT2D eigenvalue weighted by atomic mass is 16.3. The van der Waals surface area contributed by atoms with Crippen LogP contribution in [0.2, 0.25) is 0 Å². The van der Waals surface area contributed by atoms with Gasteiger partial charge < -0.3 is 5.11 Å². The van der Waals surface area contributed by atoms with Gasteiger partial charge in [-0.15, -0.1) is 0 Å². The number of aromatic nitrogens is 1. The van der Waals surface area contributed by atoms with E-state index in [0.29, 0.717) is 0 Å². The van der Waals surface area contributed by atoms with Gasteiger partial charge in [-0.1, -0.05) is 50.3 Å². The van der Waals surface area contributed by atoms with Crippen molar-refractivity contribution < 1.29 is 5.11 Å². The maximum Gasteiger partial charge on any atom is 0.0796 e. The molecule has 1 aromatic carbocycles. The number of pyridine rings is 1. The Morgan fingerprint density at radius 1 is 1.15 bits per heavy atom. The van der Waals surface area contributed by atoms with E-state index in [1.165, 1.54) is 32.1 Å². The Labute approximate surface area is 120 Å². The van der Waals surface area contributed by atoms with Crippen LogP contribution in [0, 0.1) is 5.92 Å². The monoisotopic (exact) mass is 269 g/mol. The fourth-order valence-corrected chi connectivity index (χ4v) is 3.45. The third-order valence-electron chi connectivity index (χ3n) is 4.65. The van der Waals surface area contributed by atoms with Gasteiger partial charge in [-0.05, 0) is 35.8 Å². The van der Waals surface area contributed by atoms with E-state index >= 15 is 0 Å². The van der Waals surface area contributed by atoms with Crippen LogP contribution in [0.1, 0.15) is 56.6 Å². The van der Waals surface area contributed by atoms with Crippen LogP contribution in [0.25, 0.3) is 10.8 Å². The van der Waals surface area contributed by atoms with Crippen LogP contribution < -0.4 is 0 Å². The van der Waals surface area contributed by atoms with Crippen molar-refractivity contribution in [2.75, 3.05) is 0 Å². The number of benzene rings is 1. The molecule has 1 N–H and O–H groups in total. The molecule has 2 heteroatoms. The van der Waals surface area contributed by atoms with E-state index in [0.717, 1.165) is 35.1 Å². The minimum atomic E-state index is -0.357. The Bertz CT molecular complexity index is 555. The molecular formula is C18H23NO. The largest absolute Gasteiger partial charge is 0.388 e. The van der Waals surface area contributed by atoms with Gasteiger partial charge in [-0.25, -0.2) is 0 Å². The number of aliphatic hydroxyl groups is 1. The molecule has 0 amide bonds. The smallest absolute Gasteiger partial charge is 0.0796 e. The topological polar surface area (TPSA) is 33.1 Å². The van der Waals surface area contributed by atoms with E-state index < -0.39 is 0 Å². The highest BCUT2D eigenvalue weighted by Crippen LogP contribution is 2.32. The van der Waals surface area contributed by atoms with Crippen LogP contribution in [0.3, 0.4) is 0 Å². The third kappa shape index (κ3) is 3.01. The summed E-state index contributed by atoms with van der Waals surface area (Å²) in [6.45, 7) is 0. The summed E-state index contributed by atoms with van der Waals surface area (Å²) in [6.07, 6.45) is 12.2. The lowest BCUT2D eigenvalue weighted by Gasteiger charge is -2.23. The predicted octanol–water partition coefficient (Wildman–Crippen LogP) is 4.63. The van der Waals surface area contributed by atoms with E-state index in [2.05, 4.69) is 11.1 Å². The summed E-state index contributed by atoms with van der Waals surface area (Å²) in [6, 6.07) is 8.15. The second-order valence-electron chi connectivity index (χ2n) is 6.04. The summed E-state index contributed by atoms with van der Waals surface area (Å²) in [4.78, 5) is 4.19. The van der Waals surface area contributed by atoms with Gasteiger partial charge in [0.25, 0.3) is 0 Å². The minimum Gasteiger partial charge on any atom is -0.388 e. The highest BCUT2D eigenvalue weighted by Gasteiger charge is 2.17. The molecule has 0 radical (unpaired) electrons. The lowest BCUT2D eigenvalue weighted by Crippen LogP contribution is -2.08. The molecule has 1 unspecified atom stereocenters.